The second kappa shape index (κ2) is 8.51. The van der Waals surface area contributed by atoms with Crippen molar-refractivity contribution in [3.8, 4) is 0 Å². The van der Waals surface area contributed by atoms with E-state index in [-0.39, 0.29) is 12.4 Å². The molecule has 0 bridgehead atoms. The van der Waals surface area contributed by atoms with Gasteiger partial charge >= 0.3 is 0 Å². The summed E-state index contributed by atoms with van der Waals surface area (Å²) in [6.07, 6.45) is 3.10. The molecule has 20 heavy (non-hydrogen) atoms. The fraction of sp³-hybridized carbons (Fsp3) is 1.00. The summed E-state index contributed by atoms with van der Waals surface area (Å²) in [6, 6.07) is 0. The van der Waals surface area contributed by atoms with Crippen molar-refractivity contribution in [1.29, 1.82) is 0 Å². The molecule has 6 nitrogen and oxygen atoms in total. The molecule has 2 aliphatic heterocycles. The molecule has 0 atom stereocenters. The maximum atomic E-state index is 12.4. The van der Waals surface area contributed by atoms with Gasteiger partial charge in [0.2, 0.25) is 0 Å². The molecule has 8 heteroatoms. The molecule has 0 spiro atoms. The van der Waals surface area contributed by atoms with Crippen LogP contribution in [0.3, 0.4) is 0 Å². The summed E-state index contributed by atoms with van der Waals surface area (Å²) < 4.78 is 33.3. The van der Waals surface area contributed by atoms with E-state index >= 15 is 0 Å². The normalized spacial score (nSPS) is 23.4. The standard InChI is InChI=1S/C12H25N3O3S.ClH/c1-13-5-2-12-3-6-14(7-4-12)19(16,17)15-8-10-18-11-9-15;/h12-13H,2-11H2,1H3;1H. The lowest BCUT2D eigenvalue weighted by Gasteiger charge is -2.36. The molecule has 2 rings (SSSR count). The molecule has 2 aliphatic rings. The molecule has 0 aliphatic carbocycles. The number of halogens is 1. The minimum atomic E-state index is -3.26. The van der Waals surface area contributed by atoms with Gasteiger partial charge < -0.3 is 10.1 Å². The first-order valence-electron chi connectivity index (χ1n) is 7.12. The average molecular weight is 328 g/mol. The summed E-state index contributed by atoms with van der Waals surface area (Å²) in [5, 5.41) is 3.15. The lowest BCUT2D eigenvalue weighted by molar-refractivity contribution is 0.0692. The van der Waals surface area contributed by atoms with E-state index in [1.54, 1.807) is 8.61 Å². The first kappa shape index (κ1) is 18.1. The largest absolute Gasteiger partial charge is 0.379 e. The summed E-state index contributed by atoms with van der Waals surface area (Å²) in [4.78, 5) is 0. The van der Waals surface area contributed by atoms with Crippen molar-refractivity contribution < 1.29 is 13.2 Å². The van der Waals surface area contributed by atoms with Crippen LogP contribution in [0.4, 0.5) is 0 Å². The van der Waals surface area contributed by atoms with E-state index in [2.05, 4.69) is 5.32 Å². The lowest BCUT2D eigenvalue weighted by atomic mass is 9.95. The highest BCUT2D eigenvalue weighted by atomic mass is 35.5. The molecule has 120 valence electrons. The van der Waals surface area contributed by atoms with Gasteiger partial charge in [0, 0.05) is 26.2 Å². The highest BCUT2D eigenvalue weighted by molar-refractivity contribution is 7.86. The first-order valence-corrected chi connectivity index (χ1v) is 8.52. The van der Waals surface area contributed by atoms with Gasteiger partial charge in [0.1, 0.15) is 0 Å². The highest BCUT2D eigenvalue weighted by Crippen LogP contribution is 2.23. The SMILES string of the molecule is CNCCC1CCN(S(=O)(=O)N2CCOCC2)CC1.Cl. The Bertz CT molecular complexity index is 366. The molecule has 0 radical (unpaired) electrons. The molecule has 1 N–H and O–H groups in total. The average Bonchev–Trinajstić information content (AvgIpc) is 2.46. The zero-order chi connectivity index (χ0) is 13.7. The quantitative estimate of drug-likeness (QED) is 0.789. The van der Waals surface area contributed by atoms with E-state index in [1.165, 1.54) is 0 Å². The third-order valence-corrected chi connectivity index (χ3v) is 6.03. The third-order valence-electron chi connectivity index (χ3n) is 4.00. The number of piperidine rings is 1. The number of morpholine rings is 1. The summed E-state index contributed by atoms with van der Waals surface area (Å²) >= 11 is 0. The monoisotopic (exact) mass is 327 g/mol. The van der Waals surface area contributed by atoms with Crippen molar-refractivity contribution >= 4 is 22.6 Å². The minimum Gasteiger partial charge on any atom is -0.379 e. The van der Waals surface area contributed by atoms with Gasteiger partial charge in [0.05, 0.1) is 13.2 Å². The van der Waals surface area contributed by atoms with Gasteiger partial charge in [0.25, 0.3) is 10.2 Å². The second-order valence-corrected chi connectivity index (χ2v) is 7.18. The Labute approximate surface area is 128 Å². The fourth-order valence-corrected chi connectivity index (χ4v) is 4.33. The number of ether oxygens (including phenoxy) is 1. The highest BCUT2D eigenvalue weighted by Gasteiger charge is 2.33. The molecule has 2 heterocycles. The van der Waals surface area contributed by atoms with Crippen molar-refractivity contribution in [2.24, 2.45) is 5.92 Å². The molecule has 0 unspecified atom stereocenters. The van der Waals surface area contributed by atoms with E-state index in [0.29, 0.717) is 45.3 Å². The number of hydrogen-bond acceptors (Lipinski definition) is 4. The molecule has 0 aromatic heterocycles. The fourth-order valence-electron chi connectivity index (χ4n) is 2.72. The number of hydrogen-bond donors (Lipinski definition) is 1. The number of nitrogens with one attached hydrogen (secondary N) is 1. The van der Waals surface area contributed by atoms with Crippen molar-refractivity contribution in [2.45, 2.75) is 19.3 Å². The van der Waals surface area contributed by atoms with Crippen molar-refractivity contribution in [3.05, 3.63) is 0 Å². The van der Waals surface area contributed by atoms with Crippen LogP contribution < -0.4 is 5.32 Å². The predicted octanol–water partition coefficient (Wildman–Crippen LogP) is 0.307. The smallest absolute Gasteiger partial charge is 0.282 e. The van der Waals surface area contributed by atoms with Crippen LogP contribution >= 0.6 is 12.4 Å². The van der Waals surface area contributed by atoms with Crippen LogP contribution in [0.1, 0.15) is 19.3 Å². The predicted molar refractivity (Wildman–Crippen MR) is 81.4 cm³/mol. The topological polar surface area (TPSA) is 61.9 Å². The van der Waals surface area contributed by atoms with E-state index in [0.717, 1.165) is 25.8 Å². The van der Waals surface area contributed by atoms with Gasteiger partial charge in [-0.1, -0.05) is 0 Å². The van der Waals surface area contributed by atoms with Gasteiger partial charge in [-0.2, -0.15) is 17.0 Å². The third kappa shape index (κ3) is 4.54. The van der Waals surface area contributed by atoms with Crippen molar-refractivity contribution in [3.63, 3.8) is 0 Å². The van der Waals surface area contributed by atoms with Crippen LogP contribution in [0.2, 0.25) is 0 Å². The molecule has 0 saturated carbocycles. The molecular formula is C12H26ClN3O3S. The maximum absolute atomic E-state index is 12.4. The van der Waals surface area contributed by atoms with Crippen LogP contribution in [-0.4, -0.2) is 70.0 Å². The van der Waals surface area contributed by atoms with E-state index in [4.69, 9.17) is 4.74 Å². The molecular weight excluding hydrogens is 302 g/mol. The van der Waals surface area contributed by atoms with Gasteiger partial charge in [-0.3, -0.25) is 0 Å². The summed E-state index contributed by atoms with van der Waals surface area (Å²) in [6.45, 7) is 4.34. The van der Waals surface area contributed by atoms with Gasteiger partial charge in [-0.05, 0) is 38.8 Å². The zero-order valence-corrected chi connectivity index (χ0v) is 13.7. The maximum Gasteiger partial charge on any atom is 0.282 e. The Kier molecular flexibility index (Phi) is 7.71. The number of nitrogens with zero attached hydrogens (tertiary/aromatic N) is 2. The molecule has 0 aromatic rings. The van der Waals surface area contributed by atoms with E-state index < -0.39 is 10.2 Å². The molecule has 2 fully saturated rings. The Morgan fingerprint density at radius 1 is 1.10 bits per heavy atom. The Morgan fingerprint density at radius 2 is 1.65 bits per heavy atom. The Balaban J connectivity index is 0.00000200. The van der Waals surface area contributed by atoms with Gasteiger partial charge in [-0.25, -0.2) is 0 Å². The minimum absolute atomic E-state index is 0. The lowest BCUT2D eigenvalue weighted by Crippen LogP contribution is -2.50. The second-order valence-electron chi connectivity index (χ2n) is 5.25. The summed E-state index contributed by atoms with van der Waals surface area (Å²) in [7, 11) is -1.30. The van der Waals surface area contributed by atoms with Crippen LogP contribution in [-0.2, 0) is 14.9 Å². The van der Waals surface area contributed by atoms with Crippen LogP contribution in [0.15, 0.2) is 0 Å². The van der Waals surface area contributed by atoms with Crippen molar-refractivity contribution in [1.82, 2.24) is 13.9 Å². The Hall–Kier alpha value is 0.0800. The molecule has 0 aromatic carbocycles. The van der Waals surface area contributed by atoms with Crippen LogP contribution in [0, 0.1) is 5.92 Å². The molecule has 0 amide bonds. The van der Waals surface area contributed by atoms with Crippen LogP contribution in [0.5, 0.6) is 0 Å². The Morgan fingerprint density at radius 3 is 2.20 bits per heavy atom. The summed E-state index contributed by atoms with van der Waals surface area (Å²) in [5.41, 5.74) is 0. The zero-order valence-electron chi connectivity index (χ0n) is 12.1. The van der Waals surface area contributed by atoms with E-state index in [1.807, 2.05) is 7.05 Å². The van der Waals surface area contributed by atoms with Crippen molar-refractivity contribution in [2.75, 3.05) is 53.0 Å². The van der Waals surface area contributed by atoms with Gasteiger partial charge in [0.15, 0.2) is 0 Å². The van der Waals surface area contributed by atoms with E-state index in [9.17, 15) is 8.42 Å². The van der Waals surface area contributed by atoms with Gasteiger partial charge in [-0.15, -0.1) is 12.4 Å². The first-order chi connectivity index (χ1) is 9.14. The molecule has 2 saturated heterocycles. The summed E-state index contributed by atoms with van der Waals surface area (Å²) in [5.74, 6) is 0.656. The number of rotatable bonds is 5. The van der Waals surface area contributed by atoms with Crippen LogP contribution in [0.25, 0.3) is 0 Å².